The standard InChI is InChI=1S/Al.K.H2O4S.4H2O.4H/c;;1-5(2,3)4;;;;;;;;/h;;(H2,1,2,3,4);4*1H2;;;;/q;+1;;;;;;;;;-1. The van der Waals surface area contributed by atoms with Crippen molar-refractivity contribution < 1.29 is 92.2 Å². The van der Waals surface area contributed by atoms with Gasteiger partial charge in [0, 0.05) is 0 Å². The maximum absolute atomic E-state index is 8.74. The van der Waals surface area contributed by atoms with Crippen LogP contribution >= 0.6 is 0 Å². The van der Waals surface area contributed by atoms with Crippen LogP contribution in [-0.4, -0.2) is 56.8 Å². The van der Waals surface area contributed by atoms with E-state index >= 15 is 0 Å². The summed E-state index contributed by atoms with van der Waals surface area (Å²) in [5, 5.41) is 0. The molecule has 72 valence electrons. The monoisotopic (exact) mass is 240 g/mol. The Bertz CT molecular complexity index is 102. The molecule has 0 fully saturated rings. The van der Waals surface area contributed by atoms with E-state index in [1.165, 1.54) is 0 Å². The summed E-state index contributed by atoms with van der Waals surface area (Å²) in [6, 6.07) is 0. The molecule has 0 aromatic rings. The van der Waals surface area contributed by atoms with Crippen LogP contribution in [0, 0.1) is 0 Å². The molecule has 11 heavy (non-hydrogen) atoms. The Balaban J connectivity index is -0.00000000381. The van der Waals surface area contributed by atoms with Crippen LogP contribution in [0.2, 0.25) is 0 Å². The number of rotatable bonds is 0. The van der Waals surface area contributed by atoms with Crippen LogP contribution < -0.4 is 51.4 Å². The van der Waals surface area contributed by atoms with Crippen LogP contribution in [0.3, 0.4) is 0 Å². The molecular weight excluding hydrogens is 226 g/mol. The molecule has 0 saturated heterocycles. The first-order chi connectivity index (χ1) is 2.00. The zero-order chi connectivity index (χ0) is 4.50. The molecule has 0 saturated carbocycles. The summed E-state index contributed by atoms with van der Waals surface area (Å²) in [6.07, 6.45) is 0. The molecule has 0 aliphatic heterocycles. The Kier molecular flexibility index (Phi) is 108. The Labute approximate surface area is 118 Å². The minimum absolute atomic E-state index is 0. The smallest absolute Gasteiger partial charge is 1.00 e. The van der Waals surface area contributed by atoms with Gasteiger partial charge in [-0.3, -0.25) is 9.11 Å². The summed E-state index contributed by atoms with van der Waals surface area (Å²) in [5.41, 5.74) is 0. The zero-order valence-electron chi connectivity index (χ0n) is 6.12. The fourth-order valence-corrected chi connectivity index (χ4v) is 0. The van der Waals surface area contributed by atoms with Crippen molar-refractivity contribution in [3.05, 3.63) is 0 Å². The molecule has 0 amide bonds. The summed E-state index contributed by atoms with van der Waals surface area (Å²) in [5.74, 6) is 0. The Hall–Kier alpha value is 1.88. The van der Waals surface area contributed by atoms with Gasteiger partial charge in [-0.25, -0.2) is 0 Å². The molecule has 8 nitrogen and oxygen atoms in total. The Morgan fingerprint density at radius 1 is 0.909 bits per heavy atom. The van der Waals surface area contributed by atoms with Crippen molar-refractivity contribution >= 4 is 27.8 Å². The quantitative estimate of drug-likeness (QED) is 0.312. The molecule has 10 N–H and O–H groups in total. The van der Waals surface area contributed by atoms with Crippen LogP contribution in [0.5, 0.6) is 0 Å². The third-order valence-electron chi connectivity index (χ3n) is 0. The average molecular weight is 240 g/mol. The van der Waals surface area contributed by atoms with Gasteiger partial charge >= 0.3 is 61.8 Å². The van der Waals surface area contributed by atoms with Gasteiger partial charge in [-0.2, -0.15) is 8.42 Å². The van der Waals surface area contributed by atoms with Gasteiger partial charge < -0.3 is 23.3 Å². The molecule has 0 aliphatic rings. The Morgan fingerprint density at radius 3 is 0.909 bits per heavy atom. The summed E-state index contributed by atoms with van der Waals surface area (Å²) in [4.78, 5) is 0. The molecule has 0 aliphatic carbocycles. The molecule has 0 radical (unpaired) electrons. The van der Waals surface area contributed by atoms with E-state index in [0.717, 1.165) is 0 Å². The van der Waals surface area contributed by atoms with Gasteiger partial charge in [0.15, 0.2) is 17.4 Å². The van der Waals surface area contributed by atoms with Crippen molar-refractivity contribution in [2.24, 2.45) is 0 Å². The van der Waals surface area contributed by atoms with E-state index < -0.39 is 10.4 Å². The van der Waals surface area contributed by atoms with Gasteiger partial charge in [-0.05, 0) is 0 Å². The van der Waals surface area contributed by atoms with Crippen LogP contribution in [0.15, 0.2) is 0 Å². The van der Waals surface area contributed by atoms with Crippen molar-refractivity contribution in [2.75, 3.05) is 0 Å². The summed E-state index contributed by atoms with van der Waals surface area (Å²) in [7, 11) is -4.67. The van der Waals surface area contributed by atoms with E-state index in [1.807, 2.05) is 0 Å². The van der Waals surface area contributed by atoms with Crippen molar-refractivity contribution in [3.8, 4) is 0 Å². The fraction of sp³-hybridized carbons (Fsp3) is 0. The average Bonchev–Trinajstić information content (AvgIpc) is 0.722. The maximum atomic E-state index is 8.74. The molecule has 0 rings (SSSR count). The van der Waals surface area contributed by atoms with E-state index in [9.17, 15) is 0 Å². The van der Waals surface area contributed by atoms with Gasteiger partial charge in [0.1, 0.15) is 0 Å². The van der Waals surface area contributed by atoms with E-state index in [2.05, 4.69) is 0 Å². The molecule has 0 heterocycles. The first kappa shape index (κ1) is 52.6. The first-order valence-corrected chi connectivity index (χ1v) is 2.10. The van der Waals surface area contributed by atoms with E-state index in [-0.39, 0.29) is 92.1 Å². The van der Waals surface area contributed by atoms with Gasteiger partial charge in [0.25, 0.3) is 0 Å². The summed E-state index contributed by atoms with van der Waals surface area (Å²) in [6.45, 7) is 0. The fourth-order valence-electron chi connectivity index (χ4n) is 0. The topological polar surface area (TPSA) is 201 Å². The van der Waals surface area contributed by atoms with Gasteiger partial charge in [-0.15, -0.1) is 0 Å². The van der Waals surface area contributed by atoms with Gasteiger partial charge in [0.2, 0.25) is 0 Å². The molecule has 0 spiro atoms. The summed E-state index contributed by atoms with van der Waals surface area (Å²) < 4.78 is 31.6. The molecular formula is H14AlKO8S. The van der Waals surface area contributed by atoms with E-state index in [4.69, 9.17) is 17.5 Å². The normalized spacial score (nSPS) is 5.27. The minimum atomic E-state index is -4.67. The van der Waals surface area contributed by atoms with Crippen LogP contribution in [0.25, 0.3) is 0 Å². The van der Waals surface area contributed by atoms with Crippen LogP contribution in [0.1, 0.15) is 1.43 Å². The molecule has 0 bridgehead atoms. The van der Waals surface area contributed by atoms with Gasteiger partial charge in [0.05, 0.1) is 0 Å². The Morgan fingerprint density at radius 2 is 0.909 bits per heavy atom. The van der Waals surface area contributed by atoms with Crippen LogP contribution in [-0.2, 0) is 10.4 Å². The summed E-state index contributed by atoms with van der Waals surface area (Å²) >= 11 is 0. The molecule has 0 atom stereocenters. The van der Waals surface area contributed by atoms with Gasteiger partial charge in [-0.1, -0.05) is 0 Å². The van der Waals surface area contributed by atoms with Crippen LogP contribution in [0.4, 0.5) is 0 Å². The second kappa shape index (κ2) is 22.6. The largest absolute Gasteiger partial charge is 1.00 e. The second-order valence-corrected chi connectivity index (χ2v) is 1.34. The zero-order valence-corrected chi connectivity index (χ0v) is 9.06. The molecule has 0 unspecified atom stereocenters. The van der Waals surface area contributed by atoms with Crippen molar-refractivity contribution in [1.82, 2.24) is 0 Å². The number of hydrogen-bond acceptors (Lipinski definition) is 2. The SMILES string of the molecule is O.O.O.O.O=S(=O)(O)O.[AlH3].[H-].[K+]. The van der Waals surface area contributed by atoms with Crippen molar-refractivity contribution in [3.63, 3.8) is 0 Å². The molecule has 0 aromatic heterocycles. The maximum Gasteiger partial charge on any atom is 1.00 e. The predicted molar refractivity (Wildman–Crippen MR) is 39.7 cm³/mol. The first-order valence-electron chi connectivity index (χ1n) is 0.698. The van der Waals surface area contributed by atoms with Crippen molar-refractivity contribution in [1.29, 1.82) is 0 Å². The third kappa shape index (κ3) is 328. The predicted octanol–water partition coefficient (Wildman–Crippen LogP) is -8.02. The van der Waals surface area contributed by atoms with E-state index in [1.54, 1.807) is 0 Å². The molecule has 11 heteroatoms. The third-order valence-corrected chi connectivity index (χ3v) is 0. The van der Waals surface area contributed by atoms with Crippen molar-refractivity contribution in [2.45, 2.75) is 0 Å². The minimum Gasteiger partial charge on any atom is -1.00 e. The van der Waals surface area contributed by atoms with E-state index in [0.29, 0.717) is 0 Å². The molecule has 0 aromatic carbocycles. The second-order valence-electron chi connectivity index (χ2n) is 0.448. The number of hydrogen-bond donors (Lipinski definition) is 2.